The molecule has 0 spiro atoms. The summed E-state index contributed by atoms with van der Waals surface area (Å²) in [6, 6.07) is 0. The van der Waals surface area contributed by atoms with E-state index in [0.29, 0.717) is 6.61 Å². The zero-order chi connectivity index (χ0) is 8.10. The lowest BCUT2D eigenvalue weighted by Crippen LogP contribution is -2.25. The van der Waals surface area contributed by atoms with Gasteiger partial charge < -0.3 is 9.57 Å². The van der Waals surface area contributed by atoms with E-state index in [-0.39, 0.29) is 0 Å². The highest BCUT2D eigenvalue weighted by Gasteiger charge is 2.12. The molecule has 0 bridgehead atoms. The first-order chi connectivity index (χ1) is 5.34. The molecular formula is C7H9NO3. The second-order valence-corrected chi connectivity index (χ2v) is 1.80. The molecule has 1 aliphatic heterocycles. The van der Waals surface area contributed by atoms with Crippen LogP contribution in [0.25, 0.3) is 0 Å². The van der Waals surface area contributed by atoms with E-state index in [2.05, 4.69) is 4.74 Å². The molecule has 1 rings (SSSR count). The van der Waals surface area contributed by atoms with Crippen molar-refractivity contribution in [3.8, 4) is 0 Å². The van der Waals surface area contributed by atoms with E-state index in [1.165, 1.54) is 12.5 Å². The van der Waals surface area contributed by atoms with E-state index in [1.54, 1.807) is 19.1 Å². The van der Waals surface area contributed by atoms with E-state index in [0.717, 1.165) is 5.06 Å². The third kappa shape index (κ3) is 2.00. The predicted octanol–water partition coefficient (Wildman–Crippen LogP) is 1.42. The number of allylic oxidation sites excluding steroid dienone is 2. The molecule has 0 radical (unpaired) electrons. The third-order valence-corrected chi connectivity index (χ3v) is 1.03. The number of nitrogens with zero attached hydrogens (tertiary/aromatic N) is 1. The molecule has 0 aromatic carbocycles. The molecule has 60 valence electrons. The fraction of sp³-hybridized carbons (Fsp3) is 0.286. The van der Waals surface area contributed by atoms with Gasteiger partial charge in [0.15, 0.2) is 0 Å². The van der Waals surface area contributed by atoms with Crippen molar-refractivity contribution in [3.63, 3.8) is 0 Å². The molecule has 11 heavy (non-hydrogen) atoms. The number of amides is 1. The fourth-order valence-corrected chi connectivity index (χ4v) is 0.600. The summed E-state index contributed by atoms with van der Waals surface area (Å²) in [7, 11) is 0. The monoisotopic (exact) mass is 155 g/mol. The van der Waals surface area contributed by atoms with Crippen molar-refractivity contribution in [1.82, 2.24) is 5.06 Å². The van der Waals surface area contributed by atoms with Crippen LogP contribution in [-0.4, -0.2) is 17.8 Å². The van der Waals surface area contributed by atoms with Crippen LogP contribution in [0.4, 0.5) is 4.79 Å². The van der Waals surface area contributed by atoms with Crippen LogP contribution in [0.15, 0.2) is 24.6 Å². The summed E-state index contributed by atoms with van der Waals surface area (Å²) in [6.07, 6.45) is 5.73. The van der Waals surface area contributed by atoms with Crippen LogP contribution >= 0.6 is 0 Å². The number of ether oxygens (including phenoxy) is 1. The SMILES string of the molecule is CCOC(=O)N1C=CC=CO1. The highest BCUT2D eigenvalue weighted by atomic mass is 16.7. The van der Waals surface area contributed by atoms with Gasteiger partial charge in [-0.3, -0.25) is 0 Å². The summed E-state index contributed by atoms with van der Waals surface area (Å²) >= 11 is 0. The Labute approximate surface area is 64.6 Å². The number of hydrogen-bond donors (Lipinski definition) is 0. The summed E-state index contributed by atoms with van der Waals surface area (Å²) in [5.41, 5.74) is 0. The molecule has 0 N–H and O–H groups in total. The van der Waals surface area contributed by atoms with Gasteiger partial charge in [0.1, 0.15) is 6.26 Å². The Hall–Kier alpha value is -1.45. The second kappa shape index (κ2) is 3.65. The topological polar surface area (TPSA) is 38.8 Å². The maximum Gasteiger partial charge on any atom is 0.447 e. The average Bonchev–Trinajstić information content (AvgIpc) is 2.07. The summed E-state index contributed by atoms with van der Waals surface area (Å²) in [6.45, 7) is 2.08. The Morgan fingerprint density at radius 2 is 2.45 bits per heavy atom. The first-order valence-corrected chi connectivity index (χ1v) is 3.30. The summed E-state index contributed by atoms with van der Waals surface area (Å²) in [4.78, 5) is 15.7. The molecule has 4 nitrogen and oxygen atoms in total. The number of carbonyl (C=O) groups excluding carboxylic acids is 1. The molecule has 1 aliphatic rings. The Balaban J connectivity index is 2.42. The van der Waals surface area contributed by atoms with Crippen LogP contribution in [-0.2, 0) is 9.57 Å². The van der Waals surface area contributed by atoms with Crippen LogP contribution in [0.5, 0.6) is 0 Å². The summed E-state index contributed by atoms with van der Waals surface area (Å²) < 4.78 is 4.66. The standard InChI is InChI=1S/C7H9NO3/c1-2-10-7(9)8-5-3-4-6-11-8/h3-6H,2H2,1H3. The molecular weight excluding hydrogens is 146 g/mol. The lowest BCUT2D eigenvalue weighted by atomic mass is 10.5. The minimum absolute atomic E-state index is 0.343. The highest BCUT2D eigenvalue weighted by Crippen LogP contribution is 2.02. The van der Waals surface area contributed by atoms with Gasteiger partial charge in [-0.1, -0.05) is 0 Å². The molecule has 0 atom stereocenters. The van der Waals surface area contributed by atoms with Crippen LogP contribution in [0.1, 0.15) is 6.92 Å². The average molecular weight is 155 g/mol. The minimum atomic E-state index is -0.506. The maximum absolute atomic E-state index is 10.9. The van der Waals surface area contributed by atoms with Gasteiger partial charge in [0, 0.05) is 0 Å². The Morgan fingerprint density at radius 1 is 1.64 bits per heavy atom. The molecule has 0 unspecified atom stereocenters. The van der Waals surface area contributed by atoms with Crippen molar-refractivity contribution >= 4 is 6.09 Å². The Morgan fingerprint density at radius 3 is 3.00 bits per heavy atom. The van der Waals surface area contributed by atoms with E-state index in [1.807, 2.05) is 0 Å². The largest absolute Gasteiger partial charge is 0.447 e. The molecule has 0 aromatic heterocycles. The number of hydroxylamine groups is 2. The molecule has 0 fully saturated rings. The van der Waals surface area contributed by atoms with Gasteiger partial charge in [-0.15, -0.1) is 5.06 Å². The van der Waals surface area contributed by atoms with Crippen molar-refractivity contribution in [3.05, 3.63) is 24.6 Å². The van der Waals surface area contributed by atoms with Crippen LogP contribution in [0.2, 0.25) is 0 Å². The van der Waals surface area contributed by atoms with Crippen molar-refractivity contribution in [1.29, 1.82) is 0 Å². The molecule has 0 aromatic rings. The molecule has 0 aliphatic carbocycles. The number of rotatable bonds is 1. The smallest absolute Gasteiger partial charge is 0.447 e. The quantitative estimate of drug-likeness (QED) is 0.574. The van der Waals surface area contributed by atoms with Gasteiger partial charge in [0.05, 0.1) is 12.8 Å². The van der Waals surface area contributed by atoms with Gasteiger partial charge in [0.25, 0.3) is 0 Å². The van der Waals surface area contributed by atoms with E-state index < -0.39 is 6.09 Å². The van der Waals surface area contributed by atoms with E-state index in [4.69, 9.17) is 4.84 Å². The van der Waals surface area contributed by atoms with Gasteiger partial charge in [-0.2, -0.15) is 0 Å². The lowest BCUT2D eigenvalue weighted by Gasteiger charge is -2.16. The third-order valence-electron chi connectivity index (χ3n) is 1.03. The van der Waals surface area contributed by atoms with Crippen molar-refractivity contribution in [2.75, 3.05) is 6.61 Å². The Bertz CT molecular complexity index is 198. The molecule has 1 amide bonds. The lowest BCUT2D eigenvalue weighted by molar-refractivity contribution is -0.0482. The second-order valence-electron chi connectivity index (χ2n) is 1.80. The normalized spacial score (nSPS) is 14.5. The maximum atomic E-state index is 10.9. The zero-order valence-electron chi connectivity index (χ0n) is 6.19. The number of carbonyl (C=O) groups is 1. The molecule has 0 saturated heterocycles. The Kier molecular flexibility index (Phi) is 2.54. The van der Waals surface area contributed by atoms with Gasteiger partial charge in [0.2, 0.25) is 0 Å². The summed E-state index contributed by atoms with van der Waals surface area (Å²) in [5.74, 6) is 0. The van der Waals surface area contributed by atoms with Crippen LogP contribution in [0.3, 0.4) is 0 Å². The van der Waals surface area contributed by atoms with Gasteiger partial charge >= 0.3 is 6.09 Å². The predicted molar refractivity (Wildman–Crippen MR) is 38.2 cm³/mol. The van der Waals surface area contributed by atoms with Crippen molar-refractivity contribution in [2.24, 2.45) is 0 Å². The van der Waals surface area contributed by atoms with Crippen LogP contribution < -0.4 is 0 Å². The molecule has 1 heterocycles. The van der Waals surface area contributed by atoms with Crippen molar-refractivity contribution in [2.45, 2.75) is 6.92 Å². The molecule has 4 heteroatoms. The number of hydrogen-bond acceptors (Lipinski definition) is 3. The zero-order valence-corrected chi connectivity index (χ0v) is 6.19. The van der Waals surface area contributed by atoms with Gasteiger partial charge in [-0.05, 0) is 19.1 Å². The van der Waals surface area contributed by atoms with Crippen LogP contribution in [0, 0.1) is 0 Å². The van der Waals surface area contributed by atoms with E-state index >= 15 is 0 Å². The fourth-order valence-electron chi connectivity index (χ4n) is 0.600. The minimum Gasteiger partial charge on any atom is -0.447 e. The highest BCUT2D eigenvalue weighted by molar-refractivity contribution is 5.67. The first kappa shape index (κ1) is 7.65. The molecule has 0 saturated carbocycles. The van der Waals surface area contributed by atoms with Crippen molar-refractivity contribution < 1.29 is 14.4 Å². The van der Waals surface area contributed by atoms with E-state index in [9.17, 15) is 4.79 Å². The van der Waals surface area contributed by atoms with Gasteiger partial charge in [-0.25, -0.2) is 4.79 Å². The summed E-state index contributed by atoms with van der Waals surface area (Å²) in [5, 5.41) is 1.02. The first-order valence-electron chi connectivity index (χ1n) is 3.30.